The minimum absolute atomic E-state index is 0.0261. The number of rotatable bonds is 5. The Balaban J connectivity index is 2.60. The Kier molecular flexibility index (Phi) is 5.65. The summed E-state index contributed by atoms with van der Waals surface area (Å²) in [7, 11) is -5.08. The molecule has 0 aromatic heterocycles. The lowest BCUT2D eigenvalue weighted by molar-refractivity contribution is 0.0996. The summed E-state index contributed by atoms with van der Waals surface area (Å²) in [5, 5.41) is 0.0261. The van der Waals surface area contributed by atoms with Crippen LogP contribution in [-0.2, 0) is 9.84 Å². The summed E-state index contributed by atoms with van der Waals surface area (Å²) < 4.78 is 67.3. The van der Waals surface area contributed by atoms with Gasteiger partial charge < -0.3 is 10.5 Å². The molecule has 0 spiro atoms. The number of carbonyl (C=O) groups excluding carboxylic acids is 1. The average molecular weight is 459 g/mol. The quantitative estimate of drug-likeness (QED) is 0.730. The van der Waals surface area contributed by atoms with Gasteiger partial charge in [0, 0.05) is 11.1 Å². The van der Waals surface area contributed by atoms with E-state index >= 15 is 0 Å². The van der Waals surface area contributed by atoms with Crippen LogP contribution < -0.4 is 10.5 Å². The summed E-state index contributed by atoms with van der Waals surface area (Å²) in [6, 6.07) is 5.03. The van der Waals surface area contributed by atoms with Crippen molar-refractivity contribution in [2.75, 3.05) is 0 Å². The van der Waals surface area contributed by atoms with Crippen LogP contribution in [0.4, 0.5) is 13.2 Å². The Morgan fingerprint density at radius 3 is 2.40 bits per heavy atom. The number of alkyl halides is 2. The summed E-state index contributed by atoms with van der Waals surface area (Å²) in [5.41, 5.74) is 4.40. The number of primary amides is 1. The van der Waals surface area contributed by atoms with E-state index in [1.807, 2.05) is 0 Å². The molecule has 0 saturated carbocycles. The molecule has 0 fully saturated rings. The highest BCUT2D eigenvalue weighted by molar-refractivity contribution is 9.10. The number of ether oxygens (including phenoxy) is 1. The van der Waals surface area contributed by atoms with Crippen LogP contribution in [0.5, 0.6) is 11.5 Å². The van der Waals surface area contributed by atoms with Crippen LogP contribution in [0.15, 0.2) is 39.7 Å². The second-order valence-electron chi connectivity index (χ2n) is 4.63. The minimum atomic E-state index is -5.08. The van der Waals surface area contributed by atoms with Crippen molar-refractivity contribution in [2.24, 2.45) is 5.73 Å². The third kappa shape index (κ3) is 4.07. The van der Waals surface area contributed by atoms with Gasteiger partial charge in [-0.15, -0.1) is 0 Å². The fraction of sp³-hybridized carbons (Fsp3) is 0.0714. The van der Waals surface area contributed by atoms with Gasteiger partial charge in [-0.2, -0.15) is 8.78 Å². The normalized spacial score (nSPS) is 11.6. The predicted octanol–water partition coefficient (Wildman–Crippen LogP) is 4.13. The number of amides is 1. The molecule has 0 unspecified atom stereocenters. The number of halogens is 5. The molecule has 0 heterocycles. The maximum atomic E-state index is 13.3. The van der Waals surface area contributed by atoms with Gasteiger partial charge >= 0.3 is 5.76 Å². The zero-order chi connectivity index (χ0) is 18.9. The lowest BCUT2D eigenvalue weighted by Crippen LogP contribution is -2.20. The first-order chi connectivity index (χ1) is 11.5. The molecule has 2 N–H and O–H groups in total. The zero-order valence-corrected chi connectivity index (χ0v) is 15.1. The van der Waals surface area contributed by atoms with Crippen LogP contribution in [0.3, 0.4) is 0 Å². The number of nitrogens with two attached hydrogens (primary N) is 1. The zero-order valence-electron chi connectivity index (χ0n) is 12.0. The van der Waals surface area contributed by atoms with Crippen LogP contribution in [0.25, 0.3) is 0 Å². The molecule has 0 radical (unpaired) electrons. The predicted molar refractivity (Wildman–Crippen MR) is 87.3 cm³/mol. The van der Waals surface area contributed by atoms with Gasteiger partial charge in [-0.05, 0) is 40.2 Å². The Hall–Kier alpha value is -1.78. The lowest BCUT2D eigenvalue weighted by Gasteiger charge is -2.14. The van der Waals surface area contributed by atoms with Crippen LogP contribution in [0, 0.1) is 5.82 Å². The fourth-order valence-corrected chi connectivity index (χ4v) is 3.80. The lowest BCUT2D eigenvalue weighted by atomic mass is 10.2. The molecule has 0 aliphatic carbocycles. The van der Waals surface area contributed by atoms with Gasteiger partial charge in [0.25, 0.3) is 5.91 Å². The van der Waals surface area contributed by atoms with Crippen molar-refractivity contribution in [1.29, 1.82) is 0 Å². The molecule has 1 amide bonds. The molecule has 11 heteroatoms. The van der Waals surface area contributed by atoms with Gasteiger partial charge in [-0.3, -0.25) is 4.79 Å². The molecule has 2 aromatic carbocycles. The maximum absolute atomic E-state index is 13.3. The number of hydrogen-bond acceptors (Lipinski definition) is 4. The van der Waals surface area contributed by atoms with Crippen molar-refractivity contribution in [3.63, 3.8) is 0 Å². The van der Waals surface area contributed by atoms with E-state index in [9.17, 15) is 26.4 Å². The second-order valence-corrected chi connectivity index (χ2v) is 7.74. The molecule has 0 aliphatic heterocycles. The van der Waals surface area contributed by atoms with Gasteiger partial charge in [0.05, 0.1) is 14.9 Å². The number of carbonyl (C=O) groups is 1. The van der Waals surface area contributed by atoms with E-state index in [-0.39, 0.29) is 21.0 Å². The molecule has 0 saturated heterocycles. The summed E-state index contributed by atoms with van der Waals surface area (Å²) in [4.78, 5) is 10.6. The standard InChI is InChI=1S/C14H8BrClF3NO4S/c15-12-9(24-8-4-6(16)3-7(17)5-8)1-2-10(11(12)13(20)21)25(22,23)14(18)19/h1-5,14H,(H2,20,21). The molecular formula is C14H8BrClF3NO4S. The van der Waals surface area contributed by atoms with Crippen molar-refractivity contribution >= 4 is 43.3 Å². The van der Waals surface area contributed by atoms with Crippen LogP contribution in [-0.4, -0.2) is 20.1 Å². The minimum Gasteiger partial charge on any atom is -0.456 e. The van der Waals surface area contributed by atoms with Gasteiger partial charge in [0.15, 0.2) is 0 Å². The van der Waals surface area contributed by atoms with Crippen molar-refractivity contribution < 1.29 is 31.1 Å². The average Bonchev–Trinajstić information content (AvgIpc) is 2.47. The fourth-order valence-electron chi connectivity index (χ4n) is 1.90. The topological polar surface area (TPSA) is 86.5 Å². The number of hydrogen-bond donors (Lipinski definition) is 1. The van der Waals surface area contributed by atoms with E-state index in [0.717, 1.165) is 24.3 Å². The third-order valence-electron chi connectivity index (χ3n) is 2.92. The largest absolute Gasteiger partial charge is 0.456 e. The smallest absolute Gasteiger partial charge is 0.341 e. The summed E-state index contributed by atoms with van der Waals surface area (Å²) in [5.74, 6) is -5.93. The first-order valence-electron chi connectivity index (χ1n) is 6.32. The molecule has 134 valence electrons. The van der Waals surface area contributed by atoms with E-state index in [1.54, 1.807) is 0 Å². The summed E-state index contributed by atoms with van der Waals surface area (Å²) in [6.07, 6.45) is 0. The van der Waals surface area contributed by atoms with Crippen molar-refractivity contribution in [1.82, 2.24) is 0 Å². The van der Waals surface area contributed by atoms with Crippen LogP contribution >= 0.6 is 27.5 Å². The first kappa shape index (κ1) is 19.5. The van der Waals surface area contributed by atoms with Crippen LogP contribution in [0.2, 0.25) is 5.02 Å². The molecule has 2 rings (SSSR count). The van der Waals surface area contributed by atoms with Crippen molar-refractivity contribution in [3.05, 3.63) is 51.2 Å². The maximum Gasteiger partial charge on any atom is 0.341 e. The molecular weight excluding hydrogens is 451 g/mol. The Morgan fingerprint density at radius 1 is 1.24 bits per heavy atom. The first-order valence-corrected chi connectivity index (χ1v) is 9.04. The molecule has 5 nitrogen and oxygen atoms in total. The Bertz CT molecular complexity index is 933. The number of sulfone groups is 1. The highest BCUT2D eigenvalue weighted by Gasteiger charge is 2.33. The molecule has 25 heavy (non-hydrogen) atoms. The van der Waals surface area contributed by atoms with Gasteiger partial charge in [-0.1, -0.05) is 11.6 Å². The SMILES string of the molecule is NC(=O)c1c(S(=O)(=O)C(F)F)ccc(Oc2cc(F)cc(Cl)c2)c1Br. The highest BCUT2D eigenvalue weighted by Crippen LogP contribution is 2.37. The molecule has 0 bridgehead atoms. The van der Waals surface area contributed by atoms with E-state index in [2.05, 4.69) is 15.9 Å². The van der Waals surface area contributed by atoms with Gasteiger partial charge in [-0.25, -0.2) is 12.8 Å². The summed E-state index contributed by atoms with van der Waals surface area (Å²) >= 11 is 8.60. The van der Waals surface area contributed by atoms with Crippen molar-refractivity contribution in [3.8, 4) is 11.5 Å². The molecule has 2 aromatic rings. The Labute approximate surface area is 153 Å². The molecule has 0 atom stereocenters. The highest BCUT2D eigenvalue weighted by atomic mass is 79.9. The second kappa shape index (κ2) is 7.22. The number of benzene rings is 2. The summed E-state index contributed by atoms with van der Waals surface area (Å²) in [6.45, 7) is 0. The van der Waals surface area contributed by atoms with Crippen LogP contribution in [0.1, 0.15) is 10.4 Å². The monoisotopic (exact) mass is 457 g/mol. The van der Waals surface area contributed by atoms with E-state index in [0.29, 0.717) is 0 Å². The molecule has 0 aliphatic rings. The van der Waals surface area contributed by atoms with E-state index in [4.69, 9.17) is 22.1 Å². The Morgan fingerprint density at radius 2 is 1.88 bits per heavy atom. The third-order valence-corrected chi connectivity index (χ3v) is 5.35. The van der Waals surface area contributed by atoms with E-state index < -0.39 is 37.8 Å². The van der Waals surface area contributed by atoms with Gasteiger partial charge in [0.1, 0.15) is 17.3 Å². The van der Waals surface area contributed by atoms with Crippen molar-refractivity contribution in [2.45, 2.75) is 10.7 Å². The van der Waals surface area contributed by atoms with Gasteiger partial charge in [0.2, 0.25) is 9.84 Å². The van der Waals surface area contributed by atoms with E-state index in [1.165, 1.54) is 6.07 Å².